The fraction of sp³-hybridized carbons (Fsp3) is 0.562. The van der Waals surface area contributed by atoms with Gasteiger partial charge in [-0.25, -0.2) is 8.78 Å². The van der Waals surface area contributed by atoms with E-state index < -0.39 is 17.6 Å². The molecule has 6 heteroatoms. The van der Waals surface area contributed by atoms with Gasteiger partial charge in [-0.15, -0.1) is 0 Å². The second kappa shape index (κ2) is 7.65. The number of benzene rings is 1. The average Bonchev–Trinajstić information content (AvgIpc) is 2.49. The Labute approximate surface area is 129 Å². The van der Waals surface area contributed by atoms with Crippen LogP contribution in [-0.4, -0.2) is 53.6 Å². The van der Waals surface area contributed by atoms with Gasteiger partial charge in [-0.1, -0.05) is 13.0 Å². The highest BCUT2D eigenvalue weighted by Crippen LogP contribution is 2.27. The van der Waals surface area contributed by atoms with Crippen LogP contribution in [-0.2, 0) is 4.79 Å². The first-order valence-corrected chi connectivity index (χ1v) is 7.64. The van der Waals surface area contributed by atoms with Crippen LogP contribution in [0.25, 0.3) is 0 Å². The lowest BCUT2D eigenvalue weighted by Gasteiger charge is -2.39. The number of hydrogen-bond donors (Lipinski definition) is 1. The van der Waals surface area contributed by atoms with E-state index in [0.29, 0.717) is 12.1 Å². The predicted octanol–water partition coefficient (Wildman–Crippen LogP) is 2.51. The maximum absolute atomic E-state index is 14.0. The van der Waals surface area contributed by atoms with Crippen molar-refractivity contribution in [2.75, 3.05) is 32.7 Å². The molecule has 1 saturated heterocycles. The smallest absolute Gasteiger partial charge is 0.304 e. The van der Waals surface area contributed by atoms with Crippen molar-refractivity contribution >= 4 is 5.97 Å². The van der Waals surface area contributed by atoms with Crippen molar-refractivity contribution in [2.45, 2.75) is 25.8 Å². The third-order valence-electron chi connectivity index (χ3n) is 4.20. The molecule has 1 aromatic rings. The Morgan fingerprint density at radius 1 is 1.27 bits per heavy atom. The van der Waals surface area contributed by atoms with Crippen molar-refractivity contribution in [3.05, 3.63) is 35.4 Å². The van der Waals surface area contributed by atoms with E-state index >= 15 is 0 Å². The molecule has 1 unspecified atom stereocenters. The van der Waals surface area contributed by atoms with E-state index in [0.717, 1.165) is 38.7 Å². The molecule has 0 aliphatic carbocycles. The number of carbonyl (C=O) groups is 1. The van der Waals surface area contributed by atoms with Crippen molar-refractivity contribution in [2.24, 2.45) is 0 Å². The van der Waals surface area contributed by atoms with Gasteiger partial charge in [0, 0.05) is 50.4 Å². The van der Waals surface area contributed by atoms with E-state index in [1.807, 2.05) is 6.92 Å². The largest absolute Gasteiger partial charge is 0.481 e. The van der Waals surface area contributed by atoms with Crippen LogP contribution >= 0.6 is 0 Å². The van der Waals surface area contributed by atoms with E-state index in [1.54, 1.807) is 0 Å². The highest BCUT2D eigenvalue weighted by Gasteiger charge is 2.26. The summed E-state index contributed by atoms with van der Waals surface area (Å²) in [6.07, 6.45) is 0.890. The minimum Gasteiger partial charge on any atom is -0.481 e. The second-order valence-electron chi connectivity index (χ2n) is 5.61. The lowest BCUT2D eigenvalue weighted by atomic mass is 10.0. The van der Waals surface area contributed by atoms with Crippen molar-refractivity contribution < 1.29 is 18.7 Å². The van der Waals surface area contributed by atoms with Crippen molar-refractivity contribution in [1.29, 1.82) is 0 Å². The molecule has 2 rings (SSSR count). The molecule has 1 atom stereocenters. The molecule has 1 aliphatic heterocycles. The van der Waals surface area contributed by atoms with Crippen LogP contribution in [0.15, 0.2) is 18.2 Å². The van der Waals surface area contributed by atoms with Crippen molar-refractivity contribution in [1.82, 2.24) is 9.80 Å². The molecule has 0 spiro atoms. The van der Waals surface area contributed by atoms with E-state index in [4.69, 9.17) is 5.11 Å². The first-order valence-electron chi connectivity index (χ1n) is 7.64. The quantitative estimate of drug-likeness (QED) is 0.876. The van der Waals surface area contributed by atoms with Crippen LogP contribution in [0.4, 0.5) is 8.78 Å². The van der Waals surface area contributed by atoms with Gasteiger partial charge in [0.25, 0.3) is 0 Å². The lowest BCUT2D eigenvalue weighted by Crippen LogP contribution is -2.48. The number of aliphatic carboxylic acids is 1. The number of hydrogen-bond acceptors (Lipinski definition) is 3. The average molecular weight is 312 g/mol. The summed E-state index contributed by atoms with van der Waals surface area (Å²) in [6, 6.07) is 3.68. The Hall–Kier alpha value is -1.53. The fourth-order valence-corrected chi connectivity index (χ4v) is 3.00. The molecule has 1 aliphatic rings. The zero-order valence-corrected chi connectivity index (χ0v) is 12.8. The molecule has 0 amide bonds. The van der Waals surface area contributed by atoms with Crippen LogP contribution in [0.1, 0.15) is 31.4 Å². The van der Waals surface area contributed by atoms with Crippen LogP contribution in [0.2, 0.25) is 0 Å². The van der Waals surface area contributed by atoms with Crippen LogP contribution in [0.3, 0.4) is 0 Å². The predicted molar refractivity (Wildman–Crippen MR) is 79.7 cm³/mol. The SMILES string of the molecule is CCC(c1ccc(F)cc1F)N1CCN(CCC(=O)O)CC1. The molecular weight excluding hydrogens is 290 g/mol. The fourth-order valence-electron chi connectivity index (χ4n) is 3.00. The van der Waals surface area contributed by atoms with Crippen LogP contribution < -0.4 is 0 Å². The molecule has 0 aromatic heterocycles. The Bertz CT molecular complexity index is 517. The number of piperazine rings is 1. The van der Waals surface area contributed by atoms with Gasteiger partial charge in [0.05, 0.1) is 6.42 Å². The minimum absolute atomic E-state index is 0.0674. The van der Waals surface area contributed by atoms with Gasteiger partial charge in [-0.3, -0.25) is 9.69 Å². The molecule has 1 aromatic carbocycles. The normalized spacial score (nSPS) is 18.3. The number of carboxylic acid groups (broad SMARTS) is 1. The Morgan fingerprint density at radius 3 is 2.50 bits per heavy atom. The Kier molecular flexibility index (Phi) is 5.85. The maximum Gasteiger partial charge on any atom is 0.304 e. The third kappa shape index (κ3) is 4.24. The van der Waals surface area contributed by atoms with Gasteiger partial charge in [-0.2, -0.15) is 0 Å². The summed E-state index contributed by atoms with van der Waals surface area (Å²) >= 11 is 0. The van der Waals surface area contributed by atoms with E-state index in [1.165, 1.54) is 12.1 Å². The van der Waals surface area contributed by atoms with Crippen LogP contribution in [0.5, 0.6) is 0 Å². The first-order chi connectivity index (χ1) is 10.5. The number of nitrogens with zero attached hydrogens (tertiary/aromatic N) is 2. The summed E-state index contributed by atoms with van der Waals surface area (Å²) in [4.78, 5) is 14.9. The zero-order valence-electron chi connectivity index (χ0n) is 12.8. The van der Waals surface area contributed by atoms with E-state index in [9.17, 15) is 13.6 Å². The van der Waals surface area contributed by atoms with Gasteiger partial charge < -0.3 is 10.0 Å². The summed E-state index contributed by atoms with van der Waals surface area (Å²) in [5, 5.41) is 8.71. The molecule has 0 saturated carbocycles. The molecule has 0 bridgehead atoms. The van der Waals surface area contributed by atoms with Crippen LogP contribution in [0, 0.1) is 11.6 Å². The second-order valence-corrected chi connectivity index (χ2v) is 5.61. The van der Waals surface area contributed by atoms with Crippen molar-refractivity contribution in [3.8, 4) is 0 Å². The summed E-state index contributed by atoms with van der Waals surface area (Å²) < 4.78 is 27.0. The molecule has 1 N–H and O–H groups in total. The van der Waals surface area contributed by atoms with E-state index in [-0.39, 0.29) is 12.5 Å². The summed E-state index contributed by atoms with van der Waals surface area (Å²) in [7, 11) is 0. The number of carboxylic acids is 1. The summed E-state index contributed by atoms with van der Waals surface area (Å²) in [6.45, 7) is 5.60. The number of rotatable bonds is 6. The summed E-state index contributed by atoms with van der Waals surface area (Å²) in [5.41, 5.74) is 0.530. The zero-order chi connectivity index (χ0) is 16.1. The first kappa shape index (κ1) is 16.8. The molecule has 4 nitrogen and oxygen atoms in total. The minimum atomic E-state index is -0.790. The molecule has 122 valence electrons. The lowest BCUT2D eigenvalue weighted by molar-refractivity contribution is -0.137. The Morgan fingerprint density at radius 2 is 1.95 bits per heavy atom. The van der Waals surface area contributed by atoms with Gasteiger partial charge in [0.1, 0.15) is 11.6 Å². The third-order valence-corrected chi connectivity index (χ3v) is 4.20. The van der Waals surface area contributed by atoms with Gasteiger partial charge >= 0.3 is 5.97 Å². The molecular formula is C16H22F2N2O2. The van der Waals surface area contributed by atoms with Gasteiger partial charge in [0.2, 0.25) is 0 Å². The van der Waals surface area contributed by atoms with Gasteiger partial charge in [-0.05, 0) is 12.5 Å². The molecule has 1 heterocycles. The highest BCUT2D eigenvalue weighted by molar-refractivity contribution is 5.66. The topological polar surface area (TPSA) is 43.8 Å². The monoisotopic (exact) mass is 312 g/mol. The Balaban J connectivity index is 1.97. The number of halogens is 2. The highest BCUT2D eigenvalue weighted by atomic mass is 19.1. The molecule has 0 radical (unpaired) electrons. The van der Waals surface area contributed by atoms with Gasteiger partial charge in [0.15, 0.2) is 0 Å². The maximum atomic E-state index is 14.0. The standard InChI is InChI=1S/C16H22F2N2O2/c1-2-15(13-4-3-12(17)11-14(13)18)20-9-7-19(8-10-20)6-5-16(21)22/h3-4,11,15H,2,5-10H2,1H3,(H,21,22). The molecule has 1 fully saturated rings. The molecule has 22 heavy (non-hydrogen) atoms. The van der Waals surface area contributed by atoms with Crippen molar-refractivity contribution in [3.63, 3.8) is 0 Å². The van der Waals surface area contributed by atoms with E-state index in [2.05, 4.69) is 9.80 Å². The summed E-state index contributed by atoms with van der Waals surface area (Å²) in [5.74, 6) is -1.85.